The van der Waals surface area contributed by atoms with Crippen molar-refractivity contribution in [2.45, 2.75) is 26.7 Å². The number of amides is 1. The molecule has 1 amide bonds. The normalized spacial score (nSPS) is 10.2. The Morgan fingerprint density at radius 2 is 1.48 bits per heavy atom. The molecule has 0 heterocycles. The van der Waals surface area contributed by atoms with Crippen molar-refractivity contribution in [3.8, 4) is 0 Å². The minimum absolute atomic E-state index is 0.263. The fourth-order valence-corrected chi connectivity index (χ4v) is 2.05. The first-order valence-electron chi connectivity index (χ1n) is 7.60. The zero-order chi connectivity index (χ0) is 16.7. The third kappa shape index (κ3) is 5.94. The summed E-state index contributed by atoms with van der Waals surface area (Å²) in [5.74, 6) is -0.706. The molecular formula is C19H21NO3. The molecule has 0 fully saturated rings. The molecule has 0 atom stereocenters. The van der Waals surface area contributed by atoms with E-state index in [9.17, 15) is 9.59 Å². The van der Waals surface area contributed by atoms with Gasteiger partial charge in [-0.05, 0) is 38.0 Å². The summed E-state index contributed by atoms with van der Waals surface area (Å²) in [7, 11) is 0. The summed E-state index contributed by atoms with van der Waals surface area (Å²) >= 11 is 0. The number of esters is 1. The van der Waals surface area contributed by atoms with E-state index in [2.05, 4.69) is 5.32 Å². The van der Waals surface area contributed by atoms with E-state index in [0.717, 1.165) is 11.1 Å². The largest absolute Gasteiger partial charge is 0.456 e. The molecule has 2 rings (SSSR count). The second kappa shape index (κ2) is 8.13. The highest BCUT2D eigenvalue weighted by atomic mass is 16.5. The molecular weight excluding hydrogens is 290 g/mol. The fourth-order valence-electron chi connectivity index (χ4n) is 2.05. The lowest BCUT2D eigenvalue weighted by molar-refractivity contribution is -0.147. The summed E-state index contributed by atoms with van der Waals surface area (Å²) in [5, 5.41) is 2.69. The molecule has 0 aliphatic rings. The predicted molar refractivity (Wildman–Crippen MR) is 90.3 cm³/mol. The maximum absolute atomic E-state index is 11.7. The minimum Gasteiger partial charge on any atom is -0.456 e. The number of hydrogen-bond acceptors (Lipinski definition) is 3. The van der Waals surface area contributed by atoms with Gasteiger partial charge in [-0.3, -0.25) is 9.59 Å². The standard InChI is InChI=1S/C19H21NO3/c1-14-3-7-16(8-4-14)9-12-19(22)23-13-18(21)20-17-10-5-15(2)6-11-17/h3-8,10-11H,9,12-13H2,1-2H3,(H,20,21). The topological polar surface area (TPSA) is 55.4 Å². The van der Waals surface area contributed by atoms with Gasteiger partial charge in [-0.15, -0.1) is 0 Å². The Labute approximate surface area is 136 Å². The van der Waals surface area contributed by atoms with Crippen LogP contribution in [0.5, 0.6) is 0 Å². The molecule has 0 aromatic heterocycles. The molecule has 0 saturated carbocycles. The number of carbonyl (C=O) groups is 2. The SMILES string of the molecule is Cc1ccc(CCC(=O)OCC(=O)Nc2ccc(C)cc2)cc1. The van der Waals surface area contributed by atoms with Crippen molar-refractivity contribution in [2.24, 2.45) is 0 Å². The van der Waals surface area contributed by atoms with Gasteiger partial charge in [0.15, 0.2) is 6.61 Å². The van der Waals surface area contributed by atoms with E-state index in [1.54, 1.807) is 0 Å². The molecule has 120 valence electrons. The smallest absolute Gasteiger partial charge is 0.306 e. The lowest BCUT2D eigenvalue weighted by atomic mass is 10.1. The third-order valence-electron chi connectivity index (χ3n) is 3.44. The predicted octanol–water partition coefficient (Wildman–Crippen LogP) is 3.42. The Morgan fingerprint density at radius 3 is 2.09 bits per heavy atom. The van der Waals surface area contributed by atoms with Crippen LogP contribution in [-0.2, 0) is 20.7 Å². The Kier molecular flexibility index (Phi) is 5.92. The van der Waals surface area contributed by atoms with Gasteiger partial charge in [-0.25, -0.2) is 0 Å². The van der Waals surface area contributed by atoms with Crippen molar-refractivity contribution >= 4 is 17.6 Å². The number of carbonyl (C=O) groups excluding carboxylic acids is 2. The molecule has 0 saturated heterocycles. The van der Waals surface area contributed by atoms with Gasteiger partial charge in [0.2, 0.25) is 0 Å². The Morgan fingerprint density at radius 1 is 0.913 bits per heavy atom. The summed E-state index contributed by atoms with van der Waals surface area (Å²) in [5.41, 5.74) is 4.07. The Bertz CT molecular complexity index is 660. The highest BCUT2D eigenvalue weighted by Gasteiger charge is 2.08. The summed E-state index contributed by atoms with van der Waals surface area (Å²) in [6, 6.07) is 15.4. The van der Waals surface area contributed by atoms with Crippen LogP contribution in [0.25, 0.3) is 0 Å². The van der Waals surface area contributed by atoms with Gasteiger partial charge < -0.3 is 10.1 Å². The first-order valence-corrected chi connectivity index (χ1v) is 7.60. The quantitative estimate of drug-likeness (QED) is 0.832. The maximum Gasteiger partial charge on any atom is 0.306 e. The second-order valence-corrected chi connectivity index (χ2v) is 5.56. The molecule has 1 N–H and O–H groups in total. The van der Waals surface area contributed by atoms with Crippen molar-refractivity contribution in [3.05, 3.63) is 65.2 Å². The molecule has 2 aromatic carbocycles. The maximum atomic E-state index is 11.7. The molecule has 0 radical (unpaired) electrons. The number of anilines is 1. The third-order valence-corrected chi connectivity index (χ3v) is 3.44. The molecule has 0 aliphatic heterocycles. The highest BCUT2D eigenvalue weighted by molar-refractivity contribution is 5.92. The lowest BCUT2D eigenvalue weighted by Crippen LogP contribution is -2.21. The fraction of sp³-hybridized carbons (Fsp3) is 0.263. The number of nitrogens with one attached hydrogen (secondary N) is 1. The molecule has 0 unspecified atom stereocenters. The molecule has 0 bridgehead atoms. The van der Waals surface area contributed by atoms with Gasteiger partial charge in [0, 0.05) is 12.1 Å². The van der Waals surface area contributed by atoms with Crippen molar-refractivity contribution in [1.82, 2.24) is 0 Å². The number of benzene rings is 2. The number of rotatable bonds is 6. The minimum atomic E-state index is -0.371. The molecule has 2 aromatic rings. The zero-order valence-electron chi connectivity index (χ0n) is 13.5. The van der Waals surface area contributed by atoms with Gasteiger partial charge in [0.05, 0.1) is 0 Å². The van der Waals surface area contributed by atoms with Gasteiger partial charge in [-0.2, -0.15) is 0 Å². The van der Waals surface area contributed by atoms with Crippen LogP contribution in [0.3, 0.4) is 0 Å². The molecule has 23 heavy (non-hydrogen) atoms. The van der Waals surface area contributed by atoms with Crippen molar-refractivity contribution < 1.29 is 14.3 Å². The van der Waals surface area contributed by atoms with Crippen LogP contribution in [0.2, 0.25) is 0 Å². The average molecular weight is 311 g/mol. The van der Waals surface area contributed by atoms with Crippen molar-refractivity contribution in [3.63, 3.8) is 0 Å². The van der Waals surface area contributed by atoms with Crippen LogP contribution in [0.15, 0.2) is 48.5 Å². The number of hydrogen-bond donors (Lipinski definition) is 1. The van der Waals surface area contributed by atoms with E-state index in [-0.39, 0.29) is 24.9 Å². The van der Waals surface area contributed by atoms with E-state index < -0.39 is 0 Å². The van der Waals surface area contributed by atoms with E-state index in [0.29, 0.717) is 12.1 Å². The molecule has 4 heteroatoms. The van der Waals surface area contributed by atoms with Crippen LogP contribution in [0.4, 0.5) is 5.69 Å². The summed E-state index contributed by atoms with van der Waals surface area (Å²) in [4.78, 5) is 23.4. The van der Waals surface area contributed by atoms with Crippen molar-refractivity contribution in [2.75, 3.05) is 11.9 Å². The second-order valence-electron chi connectivity index (χ2n) is 5.56. The van der Waals surface area contributed by atoms with Crippen molar-refractivity contribution in [1.29, 1.82) is 0 Å². The molecule has 0 aliphatic carbocycles. The van der Waals surface area contributed by atoms with Crippen LogP contribution in [-0.4, -0.2) is 18.5 Å². The number of ether oxygens (including phenoxy) is 1. The molecule has 4 nitrogen and oxygen atoms in total. The average Bonchev–Trinajstić information content (AvgIpc) is 2.54. The summed E-state index contributed by atoms with van der Waals surface area (Å²) in [6.07, 6.45) is 0.875. The summed E-state index contributed by atoms with van der Waals surface area (Å²) < 4.78 is 4.99. The molecule has 0 spiro atoms. The first-order chi connectivity index (χ1) is 11.0. The van der Waals surface area contributed by atoms with Gasteiger partial charge in [0.25, 0.3) is 5.91 Å². The summed E-state index contributed by atoms with van der Waals surface area (Å²) in [6.45, 7) is 3.73. The van der Waals surface area contributed by atoms with E-state index in [4.69, 9.17) is 4.74 Å². The van der Waals surface area contributed by atoms with Crippen LogP contribution in [0, 0.1) is 13.8 Å². The zero-order valence-corrected chi connectivity index (χ0v) is 13.5. The number of aryl methyl sites for hydroxylation is 3. The van der Waals surface area contributed by atoms with Gasteiger partial charge in [-0.1, -0.05) is 47.5 Å². The van der Waals surface area contributed by atoms with E-state index >= 15 is 0 Å². The van der Waals surface area contributed by atoms with E-state index in [1.165, 1.54) is 5.56 Å². The first kappa shape index (κ1) is 16.7. The monoisotopic (exact) mass is 311 g/mol. The Hall–Kier alpha value is -2.62. The van der Waals surface area contributed by atoms with Crippen LogP contribution >= 0.6 is 0 Å². The van der Waals surface area contributed by atoms with Crippen LogP contribution < -0.4 is 5.32 Å². The van der Waals surface area contributed by atoms with Gasteiger partial charge >= 0.3 is 5.97 Å². The Balaban J connectivity index is 1.70. The highest BCUT2D eigenvalue weighted by Crippen LogP contribution is 2.09. The van der Waals surface area contributed by atoms with Crippen LogP contribution in [0.1, 0.15) is 23.1 Å². The van der Waals surface area contributed by atoms with E-state index in [1.807, 2.05) is 62.4 Å². The lowest BCUT2D eigenvalue weighted by Gasteiger charge is -2.07. The van der Waals surface area contributed by atoms with Gasteiger partial charge in [0.1, 0.15) is 0 Å².